The molecule has 0 fully saturated rings. The summed E-state index contributed by atoms with van der Waals surface area (Å²) in [5.41, 5.74) is 7.92. The summed E-state index contributed by atoms with van der Waals surface area (Å²) in [5.74, 6) is 1.14. The molecule has 0 aliphatic heterocycles. The van der Waals surface area contributed by atoms with Gasteiger partial charge in [-0.2, -0.15) is 5.10 Å². The number of thioether (sulfide) groups is 1. The molecule has 0 aliphatic carbocycles. The summed E-state index contributed by atoms with van der Waals surface area (Å²) in [6.07, 6.45) is 5.60. The maximum atomic E-state index is 6.00. The maximum absolute atomic E-state index is 6.00. The van der Waals surface area contributed by atoms with Crippen LogP contribution in [-0.2, 0) is 0 Å². The number of aromatic nitrogens is 2. The van der Waals surface area contributed by atoms with Gasteiger partial charge < -0.3 is 5.73 Å². The summed E-state index contributed by atoms with van der Waals surface area (Å²) in [5, 5.41) is 8.05. The van der Waals surface area contributed by atoms with E-state index in [1.165, 1.54) is 19.3 Å². The summed E-state index contributed by atoms with van der Waals surface area (Å²) in [6.45, 7) is 2.22. The Morgan fingerprint density at radius 1 is 1.38 bits per heavy atom. The van der Waals surface area contributed by atoms with Crippen molar-refractivity contribution in [3.63, 3.8) is 0 Å². The zero-order valence-electron chi connectivity index (χ0n) is 9.49. The number of nitrogens with zero attached hydrogens (tertiary/aromatic N) is 1. The molecule has 0 saturated heterocycles. The Hall–Kier alpha value is -1.16. The first-order chi connectivity index (χ1) is 7.81. The van der Waals surface area contributed by atoms with Gasteiger partial charge in [0.25, 0.3) is 0 Å². The average Bonchev–Trinajstić information content (AvgIpc) is 2.71. The van der Waals surface area contributed by atoms with Crippen LogP contribution in [-0.4, -0.2) is 16.0 Å². The van der Waals surface area contributed by atoms with Crippen LogP contribution in [0.25, 0.3) is 10.9 Å². The fourth-order valence-corrected chi connectivity index (χ4v) is 2.64. The smallest absolute Gasteiger partial charge is 0.0662 e. The third kappa shape index (κ3) is 2.50. The maximum Gasteiger partial charge on any atom is 0.0662 e. The molecule has 0 bridgehead atoms. The van der Waals surface area contributed by atoms with E-state index in [0.717, 1.165) is 27.2 Å². The van der Waals surface area contributed by atoms with Crippen molar-refractivity contribution >= 4 is 28.4 Å². The minimum atomic E-state index is 0.857. The van der Waals surface area contributed by atoms with Crippen LogP contribution in [0.1, 0.15) is 26.2 Å². The zero-order chi connectivity index (χ0) is 11.4. The highest BCUT2D eigenvalue weighted by molar-refractivity contribution is 7.99. The van der Waals surface area contributed by atoms with Crippen molar-refractivity contribution in [2.24, 2.45) is 0 Å². The van der Waals surface area contributed by atoms with Crippen molar-refractivity contribution in [2.45, 2.75) is 31.1 Å². The molecule has 2 rings (SSSR count). The summed E-state index contributed by atoms with van der Waals surface area (Å²) in [7, 11) is 0. The lowest BCUT2D eigenvalue weighted by molar-refractivity contribution is 0.778. The molecule has 1 aromatic carbocycles. The second-order valence-corrected chi connectivity index (χ2v) is 5.04. The number of H-pyrrole nitrogens is 1. The number of unbranched alkanes of at least 4 members (excludes halogenated alkanes) is 2. The Morgan fingerprint density at radius 3 is 3.06 bits per heavy atom. The molecule has 0 unspecified atom stereocenters. The minimum absolute atomic E-state index is 0.857. The van der Waals surface area contributed by atoms with E-state index in [2.05, 4.69) is 23.2 Å². The number of hydrogen-bond donors (Lipinski definition) is 2. The van der Waals surface area contributed by atoms with Crippen molar-refractivity contribution in [2.75, 3.05) is 11.5 Å². The molecule has 3 N–H and O–H groups in total. The number of nitrogen functional groups attached to an aromatic ring is 1. The van der Waals surface area contributed by atoms with Crippen molar-refractivity contribution in [1.29, 1.82) is 0 Å². The number of fused-ring (bicyclic) bond motifs is 1. The fraction of sp³-hybridized carbons (Fsp3) is 0.417. The highest BCUT2D eigenvalue weighted by atomic mass is 32.2. The van der Waals surface area contributed by atoms with E-state index >= 15 is 0 Å². The summed E-state index contributed by atoms with van der Waals surface area (Å²) < 4.78 is 0. The Balaban J connectivity index is 2.07. The zero-order valence-corrected chi connectivity index (χ0v) is 10.3. The van der Waals surface area contributed by atoms with Crippen molar-refractivity contribution in [3.8, 4) is 0 Å². The van der Waals surface area contributed by atoms with E-state index in [0.29, 0.717) is 0 Å². The summed E-state index contributed by atoms with van der Waals surface area (Å²) in [4.78, 5) is 1.16. The van der Waals surface area contributed by atoms with Gasteiger partial charge in [-0.3, -0.25) is 5.10 Å². The van der Waals surface area contributed by atoms with Crippen LogP contribution in [0.15, 0.2) is 23.2 Å². The van der Waals surface area contributed by atoms with Crippen molar-refractivity contribution in [3.05, 3.63) is 18.3 Å². The molecular formula is C12H17N3S. The van der Waals surface area contributed by atoms with Gasteiger partial charge in [0.05, 0.1) is 11.7 Å². The lowest BCUT2D eigenvalue weighted by Gasteiger charge is -2.05. The third-order valence-electron chi connectivity index (χ3n) is 2.58. The molecule has 0 atom stereocenters. The summed E-state index contributed by atoms with van der Waals surface area (Å²) in [6, 6.07) is 4.08. The predicted molar refractivity (Wildman–Crippen MR) is 70.8 cm³/mol. The SMILES string of the molecule is CCCCCSc1cc2[nH]ncc2cc1N. The Kier molecular flexibility index (Phi) is 3.72. The number of nitrogens with two attached hydrogens (primary N) is 1. The third-order valence-corrected chi connectivity index (χ3v) is 3.73. The van der Waals surface area contributed by atoms with Gasteiger partial charge in [-0.05, 0) is 24.3 Å². The largest absolute Gasteiger partial charge is 0.398 e. The van der Waals surface area contributed by atoms with Crippen LogP contribution >= 0.6 is 11.8 Å². The van der Waals surface area contributed by atoms with Crippen LogP contribution in [0, 0.1) is 0 Å². The molecule has 3 nitrogen and oxygen atoms in total. The van der Waals surface area contributed by atoms with E-state index in [-0.39, 0.29) is 0 Å². The Morgan fingerprint density at radius 2 is 2.25 bits per heavy atom. The van der Waals surface area contributed by atoms with E-state index in [1.54, 1.807) is 6.20 Å². The number of rotatable bonds is 5. The van der Waals surface area contributed by atoms with Gasteiger partial charge in [-0.25, -0.2) is 0 Å². The minimum Gasteiger partial charge on any atom is -0.398 e. The fourth-order valence-electron chi connectivity index (χ4n) is 1.65. The van der Waals surface area contributed by atoms with E-state index in [9.17, 15) is 0 Å². The lowest BCUT2D eigenvalue weighted by atomic mass is 10.2. The topological polar surface area (TPSA) is 54.7 Å². The molecule has 0 aliphatic rings. The van der Waals surface area contributed by atoms with Crippen LogP contribution in [0.4, 0.5) is 5.69 Å². The monoisotopic (exact) mass is 235 g/mol. The van der Waals surface area contributed by atoms with Crippen molar-refractivity contribution < 1.29 is 0 Å². The van der Waals surface area contributed by atoms with Gasteiger partial charge in [-0.15, -0.1) is 11.8 Å². The number of benzene rings is 1. The second kappa shape index (κ2) is 5.25. The van der Waals surface area contributed by atoms with Gasteiger partial charge in [0.2, 0.25) is 0 Å². The molecule has 4 heteroatoms. The number of nitrogens with one attached hydrogen (secondary N) is 1. The standard InChI is InChI=1S/C12H17N3S/c1-2-3-4-5-16-12-7-11-9(6-10(12)13)8-14-15-11/h6-8H,2-5,13H2,1H3,(H,14,15). The average molecular weight is 235 g/mol. The molecule has 1 heterocycles. The first kappa shape index (κ1) is 11.3. The molecule has 86 valence electrons. The molecule has 16 heavy (non-hydrogen) atoms. The highest BCUT2D eigenvalue weighted by Crippen LogP contribution is 2.29. The lowest BCUT2D eigenvalue weighted by Crippen LogP contribution is -1.89. The number of hydrogen-bond acceptors (Lipinski definition) is 3. The molecule has 0 amide bonds. The predicted octanol–water partition coefficient (Wildman–Crippen LogP) is 3.43. The molecule has 1 aromatic heterocycles. The highest BCUT2D eigenvalue weighted by Gasteiger charge is 2.03. The van der Waals surface area contributed by atoms with Crippen LogP contribution in [0.3, 0.4) is 0 Å². The molecule has 2 aromatic rings. The van der Waals surface area contributed by atoms with Gasteiger partial charge >= 0.3 is 0 Å². The van der Waals surface area contributed by atoms with Gasteiger partial charge in [0, 0.05) is 16.0 Å². The van der Waals surface area contributed by atoms with E-state index in [4.69, 9.17) is 5.73 Å². The van der Waals surface area contributed by atoms with E-state index < -0.39 is 0 Å². The molecule has 0 saturated carbocycles. The summed E-state index contributed by atoms with van der Waals surface area (Å²) >= 11 is 1.83. The van der Waals surface area contributed by atoms with Gasteiger partial charge in [0.1, 0.15) is 0 Å². The van der Waals surface area contributed by atoms with Crippen LogP contribution in [0.2, 0.25) is 0 Å². The molecular weight excluding hydrogens is 218 g/mol. The first-order valence-corrected chi connectivity index (χ1v) is 6.65. The quantitative estimate of drug-likeness (QED) is 0.474. The van der Waals surface area contributed by atoms with Crippen LogP contribution in [0.5, 0.6) is 0 Å². The Bertz CT molecular complexity index is 464. The molecule has 0 spiro atoms. The van der Waals surface area contributed by atoms with Crippen molar-refractivity contribution in [1.82, 2.24) is 10.2 Å². The Labute approximate surface area is 99.8 Å². The second-order valence-electron chi connectivity index (χ2n) is 3.90. The van der Waals surface area contributed by atoms with Gasteiger partial charge in [-0.1, -0.05) is 19.8 Å². The van der Waals surface area contributed by atoms with E-state index in [1.807, 2.05) is 17.8 Å². The number of aromatic amines is 1. The molecule has 0 radical (unpaired) electrons. The number of anilines is 1. The van der Waals surface area contributed by atoms with Crippen LogP contribution < -0.4 is 5.73 Å². The van der Waals surface area contributed by atoms with Gasteiger partial charge in [0.15, 0.2) is 0 Å². The normalized spacial score (nSPS) is 11.1. The first-order valence-electron chi connectivity index (χ1n) is 5.66.